The molecule has 1 aromatic carbocycles. The summed E-state index contributed by atoms with van der Waals surface area (Å²) in [5.41, 5.74) is 8.20. The summed E-state index contributed by atoms with van der Waals surface area (Å²) in [7, 11) is 0. The molecule has 2 atom stereocenters. The quantitative estimate of drug-likeness (QED) is 0.465. The Morgan fingerprint density at radius 1 is 1.25 bits per heavy atom. The number of halogens is 1. The summed E-state index contributed by atoms with van der Waals surface area (Å²) < 4.78 is 0. The second-order valence-corrected chi connectivity index (χ2v) is 5.74. The van der Waals surface area contributed by atoms with Gasteiger partial charge in [-0.3, -0.25) is 4.99 Å². The molecule has 2 rings (SSSR count). The molecule has 1 saturated carbocycles. The number of nitrogens with zero attached hydrogens (tertiary/aromatic N) is 1. The fourth-order valence-electron chi connectivity index (χ4n) is 2.70. The van der Waals surface area contributed by atoms with Gasteiger partial charge in [0.2, 0.25) is 0 Å². The molecule has 0 saturated heterocycles. The first-order chi connectivity index (χ1) is 9.15. The third-order valence-corrected chi connectivity index (χ3v) is 4.11. The van der Waals surface area contributed by atoms with Crippen LogP contribution in [0.1, 0.15) is 38.2 Å². The summed E-state index contributed by atoms with van der Waals surface area (Å²) in [5.74, 6) is 2.01. The minimum Gasteiger partial charge on any atom is -0.370 e. The predicted octanol–water partition coefficient (Wildman–Crippen LogP) is 4.17. The first-order valence-corrected chi connectivity index (χ1v) is 7.29. The van der Waals surface area contributed by atoms with Gasteiger partial charge in [0.1, 0.15) is 0 Å². The number of nitrogens with one attached hydrogen (secondary N) is 1. The molecule has 4 heteroatoms. The molecule has 0 radical (unpaired) electrons. The monoisotopic (exact) mass is 387 g/mol. The molecule has 0 heterocycles. The number of rotatable bonds is 3. The maximum absolute atomic E-state index is 5.95. The normalized spacial score (nSPS) is 23.0. The highest BCUT2D eigenvalue weighted by Crippen LogP contribution is 2.29. The number of aryl methyl sites for hydroxylation is 1. The van der Waals surface area contributed by atoms with Crippen molar-refractivity contribution in [2.24, 2.45) is 22.6 Å². The predicted molar refractivity (Wildman–Crippen MR) is 97.8 cm³/mol. The van der Waals surface area contributed by atoms with Crippen LogP contribution >= 0.6 is 24.0 Å². The average Bonchev–Trinajstić information content (AvgIpc) is 2.40. The van der Waals surface area contributed by atoms with Crippen molar-refractivity contribution in [1.82, 2.24) is 0 Å². The Kier molecular flexibility index (Phi) is 7.34. The molecule has 1 fully saturated rings. The van der Waals surface area contributed by atoms with Crippen LogP contribution in [0.3, 0.4) is 0 Å². The van der Waals surface area contributed by atoms with Crippen molar-refractivity contribution < 1.29 is 0 Å². The van der Waals surface area contributed by atoms with Gasteiger partial charge >= 0.3 is 0 Å². The molecular formula is C16H26IN3. The largest absolute Gasteiger partial charge is 0.370 e. The van der Waals surface area contributed by atoms with Crippen molar-refractivity contribution in [3.8, 4) is 0 Å². The minimum atomic E-state index is 0. The number of guanidine groups is 1. The van der Waals surface area contributed by atoms with Gasteiger partial charge in [0.05, 0.1) is 0 Å². The number of hydrogen-bond donors (Lipinski definition) is 2. The highest BCUT2D eigenvalue weighted by atomic mass is 127. The molecule has 0 amide bonds. The molecule has 20 heavy (non-hydrogen) atoms. The van der Waals surface area contributed by atoms with E-state index in [1.165, 1.54) is 31.2 Å². The van der Waals surface area contributed by atoms with Crippen LogP contribution in [0.15, 0.2) is 29.3 Å². The standard InChI is InChI=1S/C16H25N3.HI/c1-12-7-9-15(10-8-12)19-16(17)18-11-14-6-4-3-5-13(14)2;/h7-10,13-14H,3-6,11H2,1-2H3,(H3,17,18,19);1H. The first kappa shape index (κ1) is 17.3. The van der Waals surface area contributed by atoms with Gasteiger partial charge in [-0.1, -0.05) is 43.9 Å². The summed E-state index contributed by atoms with van der Waals surface area (Å²) in [6.45, 7) is 5.26. The van der Waals surface area contributed by atoms with E-state index in [0.29, 0.717) is 11.9 Å². The molecule has 1 aliphatic rings. The van der Waals surface area contributed by atoms with Gasteiger partial charge in [-0.15, -0.1) is 24.0 Å². The Morgan fingerprint density at radius 3 is 2.55 bits per heavy atom. The number of aliphatic imine (C=N–C) groups is 1. The lowest BCUT2D eigenvalue weighted by Crippen LogP contribution is -2.26. The minimum absolute atomic E-state index is 0. The van der Waals surface area contributed by atoms with Gasteiger partial charge in [-0.2, -0.15) is 0 Å². The average molecular weight is 387 g/mol. The van der Waals surface area contributed by atoms with Crippen molar-refractivity contribution in [2.75, 3.05) is 11.9 Å². The molecule has 1 aliphatic carbocycles. The van der Waals surface area contributed by atoms with Gasteiger partial charge in [0.15, 0.2) is 5.96 Å². The van der Waals surface area contributed by atoms with E-state index in [-0.39, 0.29) is 24.0 Å². The van der Waals surface area contributed by atoms with Gasteiger partial charge in [0.25, 0.3) is 0 Å². The van der Waals surface area contributed by atoms with Gasteiger partial charge < -0.3 is 11.1 Å². The van der Waals surface area contributed by atoms with E-state index in [2.05, 4.69) is 36.3 Å². The third-order valence-electron chi connectivity index (χ3n) is 4.11. The molecule has 1 aromatic rings. The zero-order valence-electron chi connectivity index (χ0n) is 12.4. The van der Waals surface area contributed by atoms with E-state index in [0.717, 1.165) is 18.2 Å². The van der Waals surface area contributed by atoms with Crippen molar-refractivity contribution in [2.45, 2.75) is 39.5 Å². The van der Waals surface area contributed by atoms with Crippen LogP contribution in [0, 0.1) is 18.8 Å². The summed E-state index contributed by atoms with van der Waals surface area (Å²) in [5, 5.41) is 3.15. The Morgan fingerprint density at radius 2 is 1.90 bits per heavy atom. The van der Waals surface area contributed by atoms with Crippen molar-refractivity contribution in [3.05, 3.63) is 29.8 Å². The van der Waals surface area contributed by atoms with E-state index in [4.69, 9.17) is 5.73 Å². The highest BCUT2D eigenvalue weighted by molar-refractivity contribution is 14.0. The zero-order valence-corrected chi connectivity index (χ0v) is 14.8. The molecule has 112 valence electrons. The van der Waals surface area contributed by atoms with Crippen LogP contribution in [-0.4, -0.2) is 12.5 Å². The topological polar surface area (TPSA) is 50.4 Å². The summed E-state index contributed by atoms with van der Waals surface area (Å²) in [6, 6.07) is 8.19. The first-order valence-electron chi connectivity index (χ1n) is 7.29. The number of nitrogens with two attached hydrogens (primary N) is 1. The van der Waals surface area contributed by atoms with Gasteiger partial charge in [-0.05, 0) is 37.3 Å². The molecule has 0 spiro atoms. The van der Waals surface area contributed by atoms with E-state index in [9.17, 15) is 0 Å². The molecule has 0 aromatic heterocycles. The van der Waals surface area contributed by atoms with E-state index < -0.39 is 0 Å². The van der Waals surface area contributed by atoms with Crippen LogP contribution in [0.25, 0.3) is 0 Å². The van der Waals surface area contributed by atoms with Crippen LogP contribution in [0.4, 0.5) is 5.69 Å². The number of benzene rings is 1. The Labute approximate surface area is 139 Å². The maximum atomic E-state index is 5.95. The molecule has 0 aliphatic heterocycles. The van der Waals surface area contributed by atoms with E-state index in [1.54, 1.807) is 0 Å². The van der Waals surface area contributed by atoms with E-state index in [1.807, 2.05) is 12.1 Å². The summed E-state index contributed by atoms with van der Waals surface area (Å²) >= 11 is 0. The third kappa shape index (κ3) is 5.31. The smallest absolute Gasteiger partial charge is 0.193 e. The number of hydrogen-bond acceptors (Lipinski definition) is 1. The lowest BCUT2D eigenvalue weighted by molar-refractivity contribution is 0.264. The Balaban J connectivity index is 0.00000200. The van der Waals surface area contributed by atoms with Crippen molar-refractivity contribution in [3.63, 3.8) is 0 Å². The van der Waals surface area contributed by atoms with Crippen molar-refractivity contribution >= 4 is 35.6 Å². The molecule has 3 nitrogen and oxygen atoms in total. The zero-order chi connectivity index (χ0) is 13.7. The van der Waals surface area contributed by atoms with Gasteiger partial charge in [-0.25, -0.2) is 0 Å². The van der Waals surface area contributed by atoms with Crippen LogP contribution in [0.5, 0.6) is 0 Å². The van der Waals surface area contributed by atoms with Gasteiger partial charge in [0, 0.05) is 12.2 Å². The fraction of sp³-hybridized carbons (Fsp3) is 0.562. The van der Waals surface area contributed by atoms with Crippen LogP contribution < -0.4 is 11.1 Å². The highest BCUT2D eigenvalue weighted by Gasteiger charge is 2.20. The second-order valence-electron chi connectivity index (χ2n) is 5.74. The molecule has 0 bridgehead atoms. The van der Waals surface area contributed by atoms with Crippen molar-refractivity contribution in [1.29, 1.82) is 0 Å². The van der Waals surface area contributed by atoms with Crippen LogP contribution in [0.2, 0.25) is 0 Å². The Bertz CT molecular complexity index is 428. The lowest BCUT2D eigenvalue weighted by Gasteiger charge is -2.27. The van der Waals surface area contributed by atoms with E-state index >= 15 is 0 Å². The number of anilines is 1. The molecule has 2 unspecified atom stereocenters. The molecule has 3 N–H and O–H groups in total. The molecular weight excluding hydrogens is 361 g/mol. The lowest BCUT2D eigenvalue weighted by atomic mass is 9.80. The second kappa shape index (κ2) is 8.49. The maximum Gasteiger partial charge on any atom is 0.193 e. The summed E-state index contributed by atoms with van der Waals surface area (Å²) in [6.07, 6.45) is 5.35. The Hall–Kier alpha value is -0.780. The SMILES string of the molecule is Cc1ccc(NC(N)=NCC2CCCCC2C)cc1.I. The van der Waals surface area contributed by atoms with Crippen LogP contribution in [-0.2, 0) is 0 Å². The fourth-order valence-corrected chi connectivity index (χ4v) is 2.70. The summed E-state index contributed by atoms with van der Waals surface area (Å²) in [4.78, 5) is 4.50.